The Balaban J connectivity index is 2.02. The minimum Gasteiger partial charge on any atom is -0.492 e. The monoisotopic (exact) mass is 517 g/mol. The lowest BCUT2D eigenvalue weighted by Gasteiger charge is -2.29. The van der Waals surface area contributed by atoms with Crippen molar-refractivity contribution in [3.63, 3.8) is 0 Å². The zero-order chi connectivity index (χ0) is 20.7. The van der Waals surface area contributed by atoms with Gasteiger partial charge in [-0.1, -0.05) is 23.7 Å². The van der Waals surface area contributed by atoms with Gasteiger partial charge >= 0.3 is 6.09 Å². The average molecular weight is 518 g/mol. The van der Waals surface area contributed by atoms with Crippen molar-refractivity contribution in [2.45, 2.75) is 32.5 Å². The molecule has 5 nitrogen and oxygen atoms in total. The second-order valence-corrected chi connectivity index (χ2v) is 8.98. The third-order valence-electron chi connectivity index (χ3n) is 3.74. The summed E-state index contributed by atoms with van der Waals surface area (Å²) < 4.78 is 12.3. The number of carbonyl (C=O) groups is 1. The van der Waals surface area contributed by atoms with Gasteiger partial charge in [-0.15, -0.1) is 0 Å². The second kappa shape index (κ2) is 10.3. The molecule has 1 amide bonds. The molecule has 0 unspecified atom stereocenters. The molecule has 2 aromatic rings. The van der Waals surface area contributed by atoms with Crippen LogP contribution in [0.1, 0.15) is 32.4 Å². The van der Waals surface area contributed by atoms with Gasteiger partial charge in [0.2, 0.25) is 0 Å². The molecule has 2 rings (SSSR count). The summed E-state index contributed by atoms with van der Waals surface area (Å²) in [6, 6.07) is 14.5. The summed E-state index contributed by atoms with van der Waals surface area (Å²) in [5.41, 5.74) is 0.0499. The van der Waals surface area contributed by atoms with E-state index in [0.717, 1.165) is 9.32 Å². The first-order valence-electron chi connectivity index (χ1n) is 8.94. The van der Waals surface area contributed by atoms with E-state index in [1.807, 2.05) is 24.3 Å². The molecule has 0 saturated carbocycles. The molecule has 152 valence electrons. The predicted molar refractivity (Wildman–Crippen MR) is 119 cm³/mol. The van der Waals surface area contributed by atoms with Crippen molar-refractivity contribution in [3.05, 3.63) is 62.7 Å². The van der Waals surface area contributed by atoms with E-state index >= 15 is 0 Å². The minimum atomic E-state index is -0.858. The Bertz CT molecular complexity index is 759. The number of hydrogen-bond donors (Lipinski definition) is 1. The topological polar surface area (TPSA) is 59.0 Å². The number of aliphatic hydroxyl groups excluding tert-OH is 1. The van der Waals surface area contributed by atoms with E-state index in [1.165, 1.54) is 4.90 Å². The van der Waals surface area contributed by atoms with Crippen LogP contribution in [0.3, 0.4) is 0 Å². The number of rotatable bonds is 7. The number of halogens is 2. The van der Waals surface area contributed by atoms with E-state index in [1.54, 1.807) is 45.0 Å². The van der Waals surface area contributed by atoms with Gasteiger partial charge in [-0.05, 0) is 85.3 Å². The summed E-state index contributed by atoms with van der Waals surface area (Å²) in [4.78, 5) is 14.0. The van der Waals surface area contributed by atoms with E-state index in [0.29, 0.717) is 10.6 Å². The van der Waals surface area contributed by atoms with Crippen LogP contribution in [0.5, 0.6) is 5.75 Å². The average Bonchev–Trinajstić information content (AvgIpc) is 2.61. The van der Waals surface area contributed by atoms with Crippen LogP contribution in [-0.4, -0.2) is 41.4 Å². The van der Waals surface area contributed by atoms with Crippen LogP contribution >= 0.6 is 34.2 Å². The van der Waals surface area contributed by atoms with E-state index < -0.39 is 17.8 Å². The van der Waals surface area contributed by atoms with Crippen molar-refractivity contribution >= 4 is 40.3 Å². The van der Waals surface area contributed by atoms with Crippen molar-refractivity contribution in [3.8, 4) is 5.75 Å². The molecule has 0 aliphatic rings. The highest BCUT2D eigenvalue weighted by atomic mass is 127. The van der Waals surface area contributed by atoms with Gasteiger partial charge in [-0.3, -0.25) is 0 Å². The van der Waals surface area contributed by atoms with Crippen LogP contribution in [0.2, 0.25) is 5.02 Å². The van der Waals surface area contributed by atoms with E-state index in [4.69, 9.17) is 21.1 Å². The molecule has 28 heavy (non-hydrogen) atoms. The lowest BCUT2D eigenvalue weighted by Crippen LogP contribution is -2.41. The maximum Gasteiger partial charge on any atom is 0.410 e. The molecule has 0 aliphatic carbocycles. The van der Waals surface area contributed by atoms with Crippen LogP contribution in [0.15, 0.2) is 48.5 Å². The maximum atomic E-state index is 12.6. The smallest absolute Gasteiger partial charge is 0.410 e. The second-order valence-electron chi connectivity index (χ2n) is 7.30. The van der Waals surface area contributed by atoms with Gasteiger partial charge in [0.1, 0.15) is 18.0 Å². The van der Waals surface area contributed by atoms with Gasteiger partial charge in [-0.25, -0.2) is 4.79 Å². The highest BCUT2D eigenvalue weighted by Gasteiger charge is 2.24. The molecule has 2 aromatic carbocycles. The Morgan fingerprint density at radius 3 is 2.32 bits per heavy atom. The van der Waals surface area contributed by atoms with Gasteiger partial charge in [0.25, 0.3) is 0 Å². The molecule has 0 bridgehead atoms. The molecule has 0 fully saturated rings. The number of carbonyl (C=O) groups excluding carboxylic acids is 1. The minimum absolute atomic E-state index is 0.0899. The number of benzene rings is 2. The number of amides is 1. The number of nitrogens with zero attached hydrogens (tertiary/aromatic N) is 1. The molecular weight excluding hydrogens is 493 g/mol. The van der Waals surface area contributed by atoms with Gasteiger partial charge < -0.3 is 19.5 Å². The molecule has 0 aromatic heterocycles. The van der Waals surface area contributed by atoms with Crippen molar-refractivity contribution in [2.24, 2.45) is 0 Å². The first kappa shape index (κ1) is 22.8. The highest BCUT2D eigenvalue weighted by Crippen LogP contribution is 2.19. The fourth-order valence-corrected chi connectivity index (χ4v) is 2.87. The van der Waals surface area contributed by atoms with Gasteiger partial charge in [0.15, 0.2) is 0 Å². The van der Waals surface area contributed by atoms with Crippen molar-refractivity contribution in [1.29, 1.82) is 0 Å². The first-order valence-corrected chi connectivity index (χ1v) is 10.4. The first-order chi connectivity index (χ1) is 13.1. The summed E-state index contributed by atoms with van der Waals surface area (Å²) in [7, 11) is 0. The Kier molecular flexibility index (Phi) is 8.39. The Hall–Kier alpha value is -1.51. The predicted octanol–water partition coefficient (Wildman–Crippen LogP) is 5.29. The van der Waals surface area contributed by atoms with E-state index in [9.17, 15) is 9.90 Å². The quantitative estimate of drug-likeness (QED) is 0.507. The van der Waals surface area contributed by atoms with Crippen LogP contribution in [0.25, 0.3) is 0 Å². The van der Waals surface area contributed by atoms with Crippen LogP contribution in [0, 0.1) is 3.57 Å². The van der Waals surface area contributed by atoms with Crippen LogP contribution in [0.4, 0.5) is 4.79 Å². The summed E-state index contributed by atoms with van der Waals surface area (Å²) >= 11 is 8.12. The Morgan fingerprint density at radius 2 is 1.75 bits per heavy atom. The fraction of sp³-hybridized carbons (Fsp3) is 0.381. The SMILES string of the molecule is CC(C)(C)OC(=O)N(CCOc1ccc(I)cc1)C[C@H](O)c1ccc(Cl)cc1. The molecule has 0 heterocycles. The van der Waals surface area contributed by atoms with Gasteiger partial charge in [-0.2, -0.15) is 0 Å². The summed E-state index contributed by atoms with van der Waals surface area (Å²) in [6.07, 6.45) is -1.35. The van der Waals surface area contributed by atoms with E-state index in [2.05, 4.69) is 22.6 Å². The lowest BCUT2D eigenvalue weighted by molar-refractivity contribution is 0.0117. The Labute approximate surface area is 184 Å². The molecule has 7 heteroatoms. The summed E-state index contributed by atoms with van der Waals surface area (Å²) in [6.45, 7) is 6.08. The Morgan fingerprint density at radius 1 is 1.14 bits per heavy atom. The molecule has 1 atom stereocenters. The largest absolute Gasteiger partial charge is 0.492 e. The van der Waals surface area contributed by atoms with Crippen LogP contribution < -0.4 is 4.74 Å². The fourth-order valence-electron chi connectivity index (χ4n) is 2.39. The number of ether oxygens (including phenoxy) is 2. The maximum absolute atomic E-state index is 12.6. The standard InChI is InChI=1S/C21H25ClINO4/c1-21(2,3)28-20(26)24(12-13-27-18-10-8-17(23)9-11-18)14-19(25)15-4-6-16(22)7-5-15/h4-11,19,25H,12-14H2,1-3H3/t19-/m0/s1. The number of hydrogen-bond acceptors (Lipinski definition) is 4. The molecule has 1 N–H and O–H groups in total. The van der Waals surface area contributed by atoms with Crippen LogP contribution in [-0.2, 0) is 4.74 Å². The molecule has 0 spiro atoms. The van der Waals surface area contributed by atoms with Crippen molar-refractivity contribution < 1.29 is 19.4 Å². The zero-order valence-electron chi connectivity index (χ0n) is 16.2. The van der Waals surface area contributed by atoms with Gasteiger partial charge in [0.05, 0.1) is 19.2 Å². The van der Waals surface area contributed by atoms with Crippen molar-refractivity contribution in [2.75, 3.05) is 19.7 Å². The molecule has 0 radical (unpaired) electrons. The summed E-state index contributed by atoms with van der Waals surface area (Å²) in [5, 5.41) is 11.1. The molecule has 0 aliphatic heterocycles. The molecule has 0 saturated heterocycles. The van der Waals surface area contributed by atoms with Crippen molar-refractivity contribution in [1.82, 2.24) is 4.90 Å². The zero-order valence-corrected chi connectivity index (χ0v) is 19.1. The highest BCUT2D eigenvalue weighted by molar-refractivity contribution is 14.1. The third kappa shape index (κ3) is 7.85. The summed E-state index contributed by atoms with van der Waals surface area (Å²) in [5.74, 6) is 0.725. The lowest BCUT2D eigenvalue weighted by atomic mass is 10.1. The van der Waals surface area contributed by atoms with E-state index in [-0.39, 0.29) is 19.7 Å². The molecular formula is C21H25ClINO4. The normalized spacial score (nSPS) is 12.4. The number of aliphatic hydroxyl groups is 1. The van der Waals surface area contributed by atoms with Gasteiger partial charge in [0, 0.05) is 8.59 Å². The third-order valence-corrected chi connectivity index (χ3v) is 4.71.